The van der Waals surface area contributed by atoms with Crippen LogP contribution in [0.25, 0.3) is 0 Å². The van der Waals surface area contributed by atoms with E-state index in [1.807, 2.05) is 13.0 Å². The van der Waals surface area contributed by atoms with Gasteiger partial charge in [0.2, 0.25) is 5.95 Å². The van der Waals surface area contributed by atoms with Crippen LogP contribution >= 0.6 is 0 Å². The smallest absolute Gasteiger partial charge is 0.274 e. The highest BCUT2D eigenvalue weighted by Gasteiger charge is 2.16. The second-order valence-electron chi connectivity index (χ2n) is 7.27. The summed E-state index contributed by atoms with van der Waals surface area (Å²) in [6.07, 6.45) is 6.48. The lowest BCUT2D eigenvalue weighted by atomic mass is 10.1. The van der Waals surface area contributed by atoms with Crippen LogP contribution < -0.4 is 15.1 Å². The number of aryl methyl sites for hydroxylation is 1. The fourth-order valence-corrected chi connectivity index (χ4v) is 3.66. The fraction of sp³-hybridized carbons (Fsp3) is 0.500. The molecule has 0 atom stereocenters. The van der Waals surface area contributed by atoms with E-state index < -0.39 is 0 Å². The van der Waals surface area contributed by atoms with Gasteiger partial charge in [-0.2, -0.15) is 0 Å². The van der Waals surface area contributed by atoms with E-state index in [0.29, 0.717) is 11.6 Å². The summed E-state index contributed by atoms with van der Waals surface area (Å²) in [6, 6.07) is 7.82. The largest absolute Gasteiger partial charge is 0.372 e. The van der Waals surface area contributed by atoms with Crippen LogP contribution in [0.15, 0.2) is 30.5 Å². The molecule has 0 unspecified atom stereocenters. The summed E-state index contributed by atoms with van der Waals surface area (Å²) in [5.41, 5.74) is 3.43. The van der Waals surface area contributed by atoms with Gasteiger partial charge in [-0.25, -0.2) is 9.97 Å². The van der Waals surface area contributed by atoms with Gasteiger partial charge in [-0.1, -0.05) is 12.8 Å². The molecule has 0 aliphatic carbocycles. The van der Waals surface area contributed by atoms with Gasteiger partial charge in [0.15, 0.2) is 0 Å². The number of hydrogen-bond acceptors (Lipinski definition) is 5. The Labute approximate surface area is 168 Å². The maximum absolute atomic E-state index is 12.8. The molecule has 0 radical (unpaired) electrons. The Morgan fingerprint density at radius 1 is 1.11 bits per heavy atom. The molecule has 1 aromatic carbocycles. The van der Waals surface area contributed by atoms with E-state index in [-0.39, 0.29) is 5.91 Å². The Bertz CT molecular complexity index is 795. The normalized spacial score (nSPS) is 14.5. The topological polar surface area (TPSA) is 61.4 Å². The van der Waals surface area contributed by atoms with Crippen molar-refractivity contribution < 1.29 is 4.79 Å². The quantitative estimate of drug-likeness (QED) is 0.810. The third-order valence-electron chi connectivity index (χ3n) is 5.35. The molecule has 1 N–H and O–H groups in total. The molecule has 1 aromatic heterocycles. The van der Waals surface area contributed by atoms with Crippen molar-refractivity contribution in [2.75, 3.05) is 41.3 Å². The summed E-state index contributed by atoms with van der Waals surface area (Å²) < 4.78 is 0. The molecule has 6 heteroatoms. The van der Waals surface area contributed by atoms with Gasteiger partial charge in [-0.05, 0) is 63.4 Å². The van der Waals surface area contributed by atoms with Crippen LogP contribution in [0.4, 0.5) is 17.3 Å². The van der Waals surface area contributed by atoms with E-state index in [1.165, 1.54) is 18.5 Å². The van der Waals surface area contributed by atoms with Crippen LogP contribution in [0.3, 0.4) is 0 Å². The minimum atomic E-state index is -0.197. The van der Waals surface area contributed by atoms with Gasteiger partial charge < -0.3 is 15.1 Å². The molecule has 1 saturated heterocycles. The van der Waals surface area contributed by atoms with Gasteiger partial charge in [0, 0.05) is 43.8 Å². The molecule has 150 valence electrons. The van der Waals surface area contributed by atoms with Crippen molar-refractivity contribution in [2.24, 2.45) is 0 Å². The fourth-order valence-electron chi connectivity index (χ4n) is 3.66. The van der Waals surface area contributed by atoms with E-state index in [0.717, 1.165) is 50.3 Å². The molecular formula is C22H31N5O. The first-order chi connectivity index (χ1) is 13.6. The van der Waals surface area contributed by atoms with Crippen molar-refractivity contribution >= 4 is 23.2 Å². The Kier molecular flexibility index (Phi) is 6.85. The minimum Gasteiger partial charge on any atom is -0.372 e. The third kappa shape index (κ3) is 4.80. The number of nitrogens with one attached hydrogen (secondary N) is 1. The van der Waals surface area contributed by atoms with Gasteiger partial charge >= 0.3 is 0 Å². The number of aromatic nitrogens is 2. The van der Waals surface area contributed by atoms with Crippen LogP contribution in [-0.4, -0.2) is 42.1 Å². The summed E-state index contributed by atoms with van der Waals surface area (Å²) >= 11 is 0. The van der Waals surface area contributed by atoms with Crippen molar-refractivity contribution in [3.8, 4) is 0 Å². The molecule has 1 fully saturated rings. The summed E-state index contributed by atoms with van der Waals surface area (Å²) in [7, 11) is 0. The zero-order valence-corrected chi connectivity index (χ0v) is 17.2. The lowest BCUT2D eigenvalue weighted by Gasteiger charge is -2.22. The Morgan fingerprint density at radius 2 is 1.82 bits per heavy atom. The van der Waals surface area contributed by atoms with Crippen LogP contribution in [0.1, 0.15) is 55.6 Å². The van der Waals surface area contributed by atoms with Crippen LogP contribution in [-0.2, 0) is 0 Å². The lowest BCUT2D eigenvalue weighted by Crippen LogP contribution is -2.27. The van der Waals surface area contributed by atoms with Crippen molar-refractivity contribution in [3.63, 3.8) is 0 Å². The molecule has 2 aromatic rings. The zero-order chi connectivity index (χ0) is 19.9. The second kappa shape index (κ2) is 9.53. The molecule has 1 aliphatic rings. The third-order valence-corrected chi connectivity index (χ3v) is 5.35. The number of benzene rings is 1. The van der Waals surface area contributed by atoms with Crippen LogP contribution in [0, 0.1) is 6.92 Å². The predicted molar refractivity (Wildman–Crippen MR) is 115 cm³/mol. The number of carbonyl (C=O) groups is 1. The summed E-state index contributed by atoms with van der Waals surface area (Å²) in [5.74, 6) is 0.459. The average molecular weight is 382 g/mol. The van der Waals surface area contributed by atoms with Gasteiger partial charge in [0.25, 0.3) is 5.91 Å². The van der Waals surface area contributed by atoms with E-state index >= 15 is 0 Å². The monoisotopic (exact) mass is 381 g/mol. The van der Waals surface area contributed by atoms with E-state index in [9.17, 15) is 4.79 Å². The number of hydrogen-bond donors (Lipinski definition) is 1. The number of amides is 1. The number of rotatable bonds is 6. The second-order valence-corrected chi connectivity index (χ2v) is 7.27. The van der Waals surface area contributed by atoms with Gasteiger partial charge in [-0.15, -0.1) is 0 Å². The summed E-state index contributed by atoms with van der Waals surface area (Å²) in [6.45, 7) is 10.1. The molecule has 2 heterocycles. The highest BCUT2D eigenvalue weighted by Crippen LogP contribution is 2.23. The number of carbonyl (C=O) groups excluding carboxylic acids is 1. The van der Waals surface area contributed by atoms with Crippen molar-refractivity contribution in [1.29, 1.82) is 0 Å². The van der Waals surface area contributed by atoms with Crippen LogP contribution in [0.2, 0.25) is 0 Å². The maximum atomic E-state index is 12.8. The van der Waals surface area contributed by atoms with Gasteiger partial charge in [0.1, 0.15) is 5.69 Å². The first kappa shape index (κ1) is 20.1. The number of anilines is 3. The molecule has 1 aliphatic heterocycles. The molecule has 6 nitrogen and oxygen atoms in total. The SMILES string of the molecule is CCN(CC)c1ccc(NC(=O)c2ccnc(N3CCCCCC3)n2)c(C)c1. The maximum Gasteiger partial charge on any atom is 0.274 e. The first-order valence-corrected chi connectivity index (χ1v) is 10.4. The van der Waals surface area contributed by atoms with E-state index in [1.54, 1.807) is 12.3 Å². The van der Waals surface area contributed by atoms with Crippen molar-refractivity contribution in [1.82, 2.24) is 9.97 Å². The molecule has 3 rings (SSSR count). The van der Waals surface area contributed by atoms with Crippen molar-refractivity contribution in [2.45, 2.75) is 46.5 Å². The van der Waals surface area contributed by atoms with Gasteiger partial charge in [-0.3, -0.25) is 4.79 Å². The zero-order valence-electron chi connectivity index (χ0n) is 17.2. The standard InChI is InChI=1S/C22H31N5O/c1-4-26(5-2)18-10-11-19(17(3)16-18)24-21(28)20-12-13-23-22(25-20)27-14-8-6-7-9-15-27/h10-13,16H,4-9,14-15H2,1-3H3,(H,24,28). The molecule has 28 heavy (non-hydrogen) atoms. The van der Waals surface area contributed by atoms with Crippen LogP contribution in [0.5, 0.6) is 0 Å². The predicted octanol–water partition coefficient (Wildman–Crippen LogP) is 4.26. The molecule has 0 spiro atoms. The lowest BCUT2D eigenvalue weighted by molar-refractivity contribution is 0.102. The average Bonchev–Trinajstić information content (AvgIpc) is 3.00. The van der Waals surface area contributed by atoms with Crippen molar-refractivity contribution in [3.05, 3.63) is 41.7 Å². The number of nitrogens with zero attached hydrogens (tertiary/aromatic N) is 4. The summed E-state index contributed by atoms with van der Waals surface area (Å²) in [5, 5.41) is 3.00. The van der Waals surface area contributed by atoms with Gasteiger partial charge in [0.05, 0.1) is 0 Å². The highest BCUT2D eigenvalue weighted by molar-refractivity contribution is 6.03. The molecule has 0 bridgehead atoms. The summed E-state index contributed by atoms with van der Waals surface area (Å²) in [4.78, 5) is 26.2. The highest BCUT2D eigenvalue weighted by atomic mass is 16.1. The molecule has 1 amide bonds. The minimum absolute atomic E-state index is 0.197. The van der Waals surface area contributed by atoms with E-state index in [4.69, 9.17) is 0 Å². The Morgan fingerprint density at radius 3 is 2.46 bits per heavy atom. The van der Waals surface area contributed by atoms with E-state index in [2.05, 4.69) is 51.1 Å². The molecule has 0 saturated carbocycles. The molecular weight excluding hydrogens is 350 g/mol. The Balaban J connectivity index is 1.73. The first-order valence-electron chi connectivity index (χ1n) is 10.4. The Hall–Kier alpha value is -2.63.